The third kappa shape index (κ3) is 2.65. The van der Waals surface area contributed by atoms with E-state index < -0.39 is 12.1 Å². The average Bonchev–Trinajstić information content (AvgIpc) is 3.01. The lowest BCUT2D eigenvalue weighted by molar-refractivity contribution is -0.154. The predicted octanol–water partition coefficient (Wildman–Crippen LogP) is 3.34. The van der Waals surface area contributed by atoms with Gasteiger partial charge in [0.25, 0.3) is 0 Å². The van der Waals surface area contributed by atoms with Crippen LogP contribution in [0.5, 0.6) is 0 Å². The van der Waals surface area contributed by atoms with Crippen LogP contribution >= 0.6 is 0 Å². The molecule has 0 amide bonds. The highest BCUT2D eigenvalue weighted by Crippen LogP contribution is 2.67. The molecule has 0 saturated heterocycles. The van der Waals surface area contributed by atoms with Gasteiger partial charge in [-0.25, -0.2) is 0 Å². The molecule has 3 fully saturated rings. The van der Waals surface area contributed by atoms with E-state index in [0.29, 0.717) is 30.6 Å². The minimum atomic E-state index is -1.90. The van der Waals surface area contributed by atoms with Crippen molar-refractivity contribution in [3.8, 4) is 0 Å². The zero-order valence-corrected chi connectivity index (χ0v) is 16.1. The Balaban J connectivity index is 1.70. The molecule has 6 atom stereocenters. The predicted molar refractivity (Wildman–Crippen MR) is 101 cm³/mol. The largest absolute Gasteiger partial charge is 0.362 e. The van der Waals surface area contributed by atoms with Gasteiger partial charge in [0.05, 0.1) is 0 Å². The van der Waals surface area contributed by atoms with Crippen LogP contribution in [0.3, 0.4) is 0 Å². The van der Waals surface area contributed by atoms with Gasteiger partial charge in [0, 0.05) is 17.8 Å². The summed E-state index contributed by atoms with van der Waals surface area (Å²) < 4.78 is 0. The standard InChI is InChI=1S/C23H30O4/c1-3-10-23-12-9-17-16(18(23)6-7-19(23)20(25)21(26)27)5-4-14-13-15(24)8-11-22(14,17)2/h10,13,16-19,21,26-27H,1,4-9,11-12H2,2H3/t16-,17+,18+,19-,22+,23+/m1/s1. The van der Waals surface area contributed by atoms with E-state index in [0.717, 1.165) is 38.5 Å². The maximum Gasteiger partial charge on any atom is 0.213 e. The zero-order valence-electron chi connectivity index (χ0n) is 16.1. The molecule has 0 aromatic rings. The van der Waals surface area contributed by atoms with Gasteiger partial charge >= 0.3 is 0 Å². The third-order valence-electron chi connectivity index (χ3n) is 8.52. The molecule has 146 valence electrons. The smallest absolute Gasteiger partial charge is 0.213 e. The number of aliphatic hydroxyl groups excluding tert-OH is 1. The molecule has 2 N–H and O–H groups in total. The van der Waals surface area contributed by atoms with Gasteiger partial charge in [-0.15, -0.1) is 5.73 Å². The number of ketones is 2. The van der Waals surface area contributed by atoms with E-state index in [1.807, 2.05) is 12.2 Å². The highest BCUT2D eigenvalue weighted by atomic mass is 16.5. The van der Waals surface area contributed by atoms with Crippen molar-refractivity contribution < 1.29 is 19.8 Å². The summed E-state index contributed by atoms with van der Waals surface area (Å²) in [5.41, 5.74) is 4.04. The molecular weight excluding hydrogens is 340 g/mol. The summed E-state index contributed by atoms with van der Waals surface area (Å²) in [4.78, 5) is 24.5. The quantitative estimate of drug-likeness (QED) is 0.590. The zero-order chi connectivity index (χ0) is 19.4. The molecule has 0 bridgehead atoms. The summed E-state index contributed by atoms with van der Waals surface area (Å²) in [5.74, 6) is 0.865. The Morgan fingerprint density at radius 1 is 1.22 bits per heavy atom. The third-order valence-corrected chi connectivity index (χ3v) is 8.52. The van der Waals surface area contributed by atoms with Gasteiger partial charge in [0.1, 0.15) is 0 Å². The highest BCUT2D eigenvalue weighted by Gasteiger charge is 2.61. The summed E-state index contributed by atoms with van der Waals surface area (Å²) in [7, 11) is 0. The van der Waals surface area contributed by atoms with E-state index in [1.54, 1.807) is 0 Å². The SMILES string of the molecule is C=C=C[C@]12CC[C@H]3[C@@H](CCC4=CC(=O)CC[C@@]43C)[C@@H]1CC[C@@H]2C(=O)C(O)O. The first-order chi connectivity index (χ1) is 12.8. The van der Waals surface area contributed by atoms with Gasteiger partial charge in [-0.1, -0.05) is 19.1 Å². The molecule has 4 nitrogen and oxygen atoms in total. The Hall–Kier alpha value is -1.48. The molecule has 4 aliphatic carbocycles. The number of aliphatic hydroxyl groups is 2. The van der Waals surface area contributed by atoms with E-state index in [2.05, 4.69) is 19.2 Å². The van der Waals surface area contributed by atoms with Crippen LogP contribution in [0, 0.1) is 34.5 Å². The first kappa shape index (κ1) is 18.9. The lowest BCUT2D eigenvalue weighted by atomic mass is 9.46. The molecule has 4 aliphatic rings. The van der Waals surface area contributed by atoms with Gasteiger partial charge in [0.15, 0.2) is 11.6 Å². The van der Waals surface area contributed by atoms with Gasteiger partial charge in [0.2, 0.25) is 6.29 Å². The summed E-state index contributed by atoms with van der Waals surface area (Å²) in [6.45, 7) is 6.12. The molecule has 0 aliphatic heterocycles. The molecule has 4 heteroatoms. The Morgan fingerprint density at radius 2 is 2.00 bits per heavy atom. The maximum absolute atomic E-state index is 12.6. The van der Waals surface area contributed by atoms with Crippen LogP contribution in [0.15, 0.2) is 30.0 Å². The molecule has 0 aromatic carbocycles. The van der Waals surface area contributed by atoms with Crippen LogP contribution < -0.4 is 0 Å². The lowest BCUT2D eigenvalue weighted by Gasteiger charge is -2.58. The molecule has 0 heterocycles. The monoisotopic (exact) mass is 370 g/mol. The second-order valence-corrected chi connectivity index (χ2v) is 9.37. The normalized spacial score (nSPS) is 43.3. The topological polar surface area (TPSA) is 74.6 Å². The Labute approximate surface area is 161 Å². The van der Waals surface area contributed by atoms with Crippen LogP contribution in [0.25, 0.3) is 0 Å². The first-order valence-electron chi connectivity index (χ1n) is 10.3. The van der Waals surface area contributed by atoms with Crippen molar-refractivity contribution in [2.45, 2.75) is 64.6 Å². The van der Waals surface area contributed by atoms with E-state index in [4.69, 9.17) is 0 Å². The van der Waals surface area contributed by atoms with Gasteiger partial charge in [-0.05, 0) is 80.3 Å². The number of hydrogen-bond donors (Lipinski definition) is 2. The van der Waals surface area contributed by atoms with Crippen molar-refractivity contribution in [1.29, 1.82) is 0 Å². The van der Waals surface area contributed by atoms with Gasteiger partial charge < -0.3 is 10.2 Å². The second-order valence-electron chi connectivity index (χ2n) is 9.37. The summed E-state index contributed by atoms with van der Waals surface area (Å²) in [6.07, 6.45) is 9.11. The lowest BCUT2D eigenvalue weighted by Crippen LogP contribution is -2.52. The molecule has 27 heavy (non-hydrogen) atoms. The van der Waals surface area contributed by atoms with Crippen LogP contribution in [-0.4, -0.2) is 28.1 Å². The van der Waals surface area contributed by atoms with E-state index in [9.17, 15) is 19.8 Å². The van der Waals surface area contributed by atoms with Crippen molar-refractivity contribution in [3.63, 3.8) is 0 Å². The second kappa shape index (κ2) is 6.55. The fourth-order valence-electron chi connectivity index (χ4n) is 7.34. The van der Waals surface area contributed by atoms with E-state index in [1.165, 1.54) is 5.57 Å². The fourth-order valence-corrected chi connectivity index (χ4v) is 7.34. The number of rotatable bonds is 3. The number of carbonyl (C=O) groups excluding carboxylic acids is 2. The number of Topliss-reactive ketones (excluding diaryl/α,β-unsaturated/α-hetero) is 1. The molecule has 0 aromatic heterocycles. The summed E-state index contributed by atoms with van der Waals surface area (Å²) in [6, 6.07) is 0. The highest BCUT2D eigenvalue weighted by molar-refractivity contribution is 5.91. The molecule has 0 spiro atoms. The van der Waals surface area contributed by atoms with Crippen molar-refractivity contribution in [2.24, 2.45) is 34.5 Å². The van der Waals surface area contributed by atoms with Crippen LogP contribution in [0.1, 0.15) is 58.3 Å². The number of carbonyl (C=O) groups is 2. The van der Waals surface area contributed by atoms with E-state index in [-0.39, 0.29) is 22.5 Å². The molecular formula is C23H30O4. The maximum atomic E-state index is 12.6. The number of fused-ring (bicyclic) bond motifs is 5. The fraction of sp³-hybridized carbons (Fsp3) is 0.696. The van der Waals surface area contributed by atoms with Crippen molar-refractivity contribution in [3.05, 3.63) is 30.0 Å². The Bertz CT molecular complexity index is 743. The van der Waals surface area contributed by atoms with Crippen LogP contribution in [0.4, 0.5) is 0 Å². The van der Waals surface area contributed by atoms with Crippen molar-refractivity contribution in [1.82, 2.24) is 0 Å². The first-order valence-corrected chi connectivity index (χ1v) is 10.3. The van der Waals surface area contributed by atoms with Gasteiger partial charge in [-0.2, -0.15) is 0 Å². The minimum Gasteiger partial charge on any atom is -0.362 e. The van der Waals surface area contributed by atoms with Crippen molar-refractivity contribution >= 4 is 11.6 Å². The average molecular weight is 370 g/mol. The van der Waals surface area contributed by atoms with Crippen molar-refractivity contribution in [2.75, 3.05) is 0 Å². The number of allylic oxidation sites excluding steroid dienone is 2. The molecule has 3 saturated carbocycles. The van der Waals surface area contributed by atoms with Crippen LogP contribution in [0.2, 0.25) is 0 Å². The Morgan fingerprint density at radius 3 is 2.70 bits per heavy atom. The molecule has 0 radical (unpaired) electrons. The summed E-state index contributed by atoms with van der Waals surface area (Å²) >= 11 is 0. The Kier molecular flexibility index (Phi) is 4.57. The van der Waals surface area contributed by atoms with Crippen LogP contribution in [-0.2, 0) is 9.59 Å². The number of hydrogen-bond acceptors (Lipinski definition) is 4. The molecule has 0 unspecified atom stereocenters. The van der Waals surface area contributed by atoms with E-state index >= 15 is 0 Å². The minimum absolute atomic E-state index is 0.0967. The molecule has 4 rings (SSSR count). The van der Waals surface area contributed by atoms with Gasteiger partial charge in [-0.3, -0.25) is 9.59 Å². The summed E-state index contributed by atoms with van der Waals surface area (Å²) in [5, 5.41) is 19.0.